The van der Waals surface area contributed by atoms with E-state index in [9.17, 15) is 10.2 Å². The predicted octanol–water partition coefficient (Wildman–Crippen LogP) is 2.14. The minimum Gasteiger partial charge on any atom is -0.399 e. The van der Waals surface area contributed by atoms with Crippen LogP contribution >= 0.6 is 0 Å². The van der Waals surface area contributed by atoms with Crippen molar-refractivity contribution in [2.75, 3.05) is 13.7 Å². The fourth-order valence-corrected chi connectivity index (χ4v) is 4.11. The molecular weight excluding hydrogens is 459 g/mol. The molecule has 1 saturated heterocycles. The number of aromatic nitrogens is 2. The number of hydrogen-bond acceptors (Lipinski definition) is 8. The van der Waals surface area contributed by atoms with Crippen molar-refractivity contribution in [3.63, 3.8) is 0 Å². The summed E-state index contributed by atoms with van der Waals surface area (Å²) in [6.45, 7) is 12.8. The maximum Gasteiger partial charge on any atom is 0.494 e. The number of hydrogen-bond donors (Lipinski definition) is 5. The van der Waals surface area contributed by atoms with Gasteiger partial charge in [-0.1, -0.05) is 38.1 Å². The number of ether oxygens (including phenoxy) is 1. The van der Waals surface area contributed by atoms with Gasteiger partial charge in [0, 0.05) is 13.5 Å². The normalized spacial score (nSPS) is 19.6. The van der Waals surface area contributed by atoms with Gasteiger partial charge in [-0.25, -0.2) is 4.98 Å². The molecule has 1 aromatic heterocycles. The van der Waals surface area contributed by atoms with E-state index in [-0.39, 0.29) is 30.3 Å². The van der Waals surface area contributed by atoms with E-state index in [2.05, 4.69) is 60.4 Å². The van der Waals surface area contributed by atoms with Crippen molar-refractivity contribution in [2.24, 2.45) is 5.92 Å². The van der Waals surface area contributed by atoms with E-state index < -0.39 is 12.6 Å². The lowest BCUT2D eigenvalue weighted by atomic mass is 9.79. The molecule has 1 aliphatic rings. The van der Waals surface area contributed by atoms with Crippen LogP contribution in [0.4, 0.5) is 0 Å². The van der Waals surface area contributed by atoms with Crippen LogP contribution in [0.3, 0.4) is 0 Å². The fourth-order valence-electron chi connectivity index (χ4n) is 4.11. The molecule has 36 heavy (non-hydrogen) atoms. The third kappa shape index (κ3) is 7.16. The second-order valence-corrected chi connectivity index (χ2v) is 10.8. The number of imidazole rings is 1. The van der Waals surface area contributed by atoms with Gasteiger partial charge in [0.1, 0.15) is 12.1 Å². The number of nitrogens with zero attached hydrogens (tertiary/aromatic N) is 1. The molecule has 1 aromatic carbocycles. The van der Waals surface area contributed by atoms with E-state index >= 15 is 0 Å². The highest BCUT2D eigenvalue weighted by atomic mass is 16.7. The number of aromatic amines is 1. The number of aliphatic hydroxyl groups excluding tert-OH is 2. The molecule has 0 aliphatic carbocycles. The first-order chi connectivity index (χ1) is 16.9. The molecule has 0 saturated carbocycles. The second kappa shape index (κ2) is 12.2. The highest BCUT2D eigenvalue weighted by Gasteiger charge is 2.51. The highest BCUT2D eigenvalue weighted by molar-refractivity contribution is 6.62. The molecule has 3 rings (SSSR count). The summed E-state index contributed by atoms with van der Waals surface area (Å²) in [5.41, 5.74) is 2.31. The molecule has 0 bridgehead atoms. The number of H-pyrrole nitrogens is 1. The van der Waals surface area contributed by atoms with Gasteiger partial charge in [0.15, 0.2) is 0 Å². The number of aliphatic hydroxyl groups is 2. The van der Waals surface area contributed by atoms with E-state index in [1.165, 1.54) is 7.11 Å². The molecule has 2 unspecified atom stereocenters. The Balaban J connectivity index is 1.44. The van der Waals surface area contributed by atoms with E-state index in [4.69, 9.17) is 14.0 Å². The molecule has 200 valence electrons. The molecule has 2 aromatic rings. The molecule has 0 spiro atoms. The second-order valence-electron chi connectivity index (χ2n) is 10.8. The highest BCUT2D eigenvalue weighted by Crippen LogP contribution is 2.36. The number of methoxy groups -OCH3 is 1. The molecule has 10 heteroatoms. The Labute approximate surface area is 215 Å². The predicted molar refractivity (Wildman–Crippen MR) is 141 cm³/mol. The Bertz CT molecular complexity index is 934. The standard InChI is InChI=1S/C26H43BN4O5/c1-17(2)22(31-24(33)34-7)23(32)28-15-9-8-10-21-29-16-20(30-21)18-11-13-19(14-12-18)27-35-25(3,4)26(5,6)36-27/h11-14,16-17,22-24,28,31-33H,8-10,15H2,1-7H3,(H,29,30)/t22-,23?,24?/m0/s1. The van der Waals surface area contributed by atoms with Gasteiger partial charge in [-0.05, 0) is 64.0 Å². The maximum absolute atomic E-state index is 10.4. The van der Waals surface area contributed by atoms with Crippen molar-refractivity contribution >= 4 is 12.6 Å². The first-order valence-corrected chi connectivity index (χ1v) is 12.8. The topological polar surface area (TPSA) is 121 Å². The Morgan fingerprint density at radius 3 is 2.28 bits per heavy atom. The summed E-state index contributed by atoms with van der Waals surface area (Å²) in [5.74, 6) is 1.05. The van der Waals surface area contributed by atoms with Crippen LogP contribution in [0.25, 0.3) is 11.3 Å². The fraction of sp³-hybridized carbons (Fsp3) is 0.654. The smallest absolute Gasteiger partial charge is 0.399 e. The molecule has 9 nitrogen and oxygen atoms in total. The van der Waals surface area contributed by atoms with Gasteiger partial charge in [0.05, 0.1) is 29.1 Å². The molecule has 0 amide bonds. The zero-order valence-corrected chi connectivity index (χ0v) is 22.7. The monoisotopic (exact) mass is 502 g/mol. The average Bonchev–Trinajstić information content (AvgIpc) is 3.38. The van der Waals surface area contributed by atoms with Gasteiger partial charge in [0.25, 0.3) is 0 Å². The Morgan fingerprint density at radius 1 is 1.06 bits per heavy atom. The summed E-state index contributed by atoms with van der Waals surface area (Å²) in [6.07, 6.45) is 2.59. The summed E-state index contributed by atoms with van der Waals surface area (Å²) in [5, 5.41) is 26.1. The quantitative estimate of drug-likeness (QED) is 0.161. The van der Waals surface area contributed by atoms with E-state index in [1.54, 1.807) is 0 Å². The van der Waals surface area contributed by atoms with Crippen molar-refractivity contribution in [3.8, 4) is 11.3 Å². The molecule has 2 heterocycles. The number of unbranched alkanes of at least 4 members (excludes halogenated alkanes) is 1. The molecular formula is C26H43BN4O5. The Hall–Kier alpha value is -1.79. The van der Waals surface area contributed by atoms with Crippen molar-refractivity contribution in [1.82, 2.24) is 20.6 Å². The summed E-state index contributed by atoms with van der Waals surface area (Å²) < 4.78 is 17.1. The number of nitrogens with one attached hydrogen (secondary N) is 3. The Morgan fingerprint density at radius 2 is 1.69 bits per heavy atom. The lowest BCUT2D eigenvalue weighted by Crippen LogP contribution is -2.54. The molecule has 3 atom stereocenters. The minimum atomic E-state index is -1.11. The number of rotatable bonds is 13. The first kappa shape index (κ1) is 28.8. The van der Waals surface area contributed by atoms with Gasteiger partial charge in [-0.3, -0.25) is 10.6 Å². The molecule has 0 radical (unpaired) electrons. The number of benzene rings is 1. The van der Waals surface area contributed by atoms with Crippen molar-refractivity contribution < 1.29 is 24.3 Å². The van der Waals surface area contributed by atoms with Crippen molar-refractivity contribution in [2.45, 2.75) is 90.7 Å². The van der Waals surface area contributed by atoms with Gasteiger partial charge in [-0.15, -0.1) is 0 Å². The summed E-state index contributed by atoms with van der Waals surface area (Å²) in [7, 11) is 1.04. The van der Waals surface area contributed by atoms with Crippen LogP contribution in [0, 0.1) is 5.92 Å². The molecule has 1 fully saturated rings. The van der Waals surface area contributed by atoms with Crippen LogP contribution in [0.15, 0.2) is 30.5 Å². The van der Waals surface area contributed by atoms with Crippen LogP contribution in [-0.2, 0) is 20.5 Å². The van der Waals surface area contributed by atoms with Crippen LogP contribution in [0.5, 0.6) is 0 Å². The Kier molecular flexibility index (Phi) is 9.73. The van der Waals surface area contributed by atoms with Crippen molar-refractivity contribution in [3.05, 3.63) is 36.3 Å². The van der Waals surface area contributed by atoms with Gasteiger partial charge in [-0.2, -0.15) is 0 Å². The maximum atomic E-state index is 10.4. The van der Waals surface area contributed by atoms with Crippen LogP contribution in [0.2, 0.25) is 0 Å². The summed E-state index contributed by atoms with van der Waals surface area (Å²) >= 11 is 0. The van der Waals surface area contributed by atoms with Crippen LogP contribution < -0.4 is 16.1 Å². The molecule has 5 N–H and O–H groups in total. The SMILES string of the molecule is COC(O)N[C@@H](C(C)C)C(O)NCCCCc1ncc(-c2ccc(B3OC(C)(C)C(C)(C)O3)cc2)[nH]1. The van der Waals surface area contributed by atoms with Gasteiger partial charge < -0.3 is 29.2 Å². The van der Waals surface area contributed by atoms with Gasteiger partial charge >= 0.3 is 7.12 Å². The average molecular weight is 502 g/mol. The number of aryl methyl sites for hydroxylation is 1. The third-order valence-electron chi connectivity index (χ3n) is 7.19. The minimum absolute atomic E-state index is 0.116. The van der Waals surface area contributed by atoms with Gasteiger partial charge in [0.2, 0.25) is 6.41 Å². The molecule has 1 aliphatic heterocycles. The zero-order valence-electron chi connectivity index (χ0n) is 22.7. The van der Waals surface area contributed by atoms with E-state index in [0.717, 1.165) is 41.8 Å². The lowest BCUT2D eigenvalue weighted by molar-refractivity contribution is -0.117. The van der Waals surface area contributed by atoms with E-state index in [1.807, 2.05) is 32.2 Å². The third-order valence-corrected chi connectivity index (χ3v) is 7.19. The zero-order chi connectivity index (χ0) is 26.5. The van der Waals surface area contributed by atoms with Crippen LogP contribution in [0.1, 0.15) is 60.2 Å². The van der Waals surface area contributed by atoms with E-state index in [0.29, 0.717) is 6.54 Å². The van der Waals surface area contributed by atoms with Crippen molar-refractivity contribution in [1.29, 1.82) is 0 Å². The first-order valence-electron chi connectivity index (χ1n) is 12.8. The summed E-state index contributed by atoms with van der Waals surface area (Å²) in [4.78, 5) is 7.94. The lowest BCUT2D eigenvalue weighted by Gasteiger charge is -2.32. The van der Waals surface area contributed by atoms with Crippen LogP contribution in [-0.4, -0.2) is 70.8 Å². The largest absolute Gasteiger partial charge is 0.494 e. The summed E-state index contributed by atoms with van der Waals surface area (Å²) in [6, 6.07) is 7.87.